The van der Waals surface area contributed by atoms with Crippen LogP contribution in [0.25, 0.3) is 0 Å². The summed E-state index contributed by atoms with van der Waals surface area (Å²) in [5.74, 6) is -0.0181. The quantitative estimate of drug-likeness (QED) is 0.730. The molecule has 2 fully saturated rings. The van der Waals surface area contributed by atoms with Crippen molar-refractivity contribution in [3.63, 3.8) is 0 Å². The third-order valence-corrected chi connectivity index (χ3v) is 7.93. The van der Waals surface area contributed by atoms with Crippen molar-refractivity contribution in [2.24, 2.45) is 5.92 Å². The molecule has 0 saturated carbocycles. The van der Waals surface area contributed by atoms with Gasteiger partial charge < -0.3 is 9.80 Å². The molecular weight excluding hydrogens is 409 g/mol. The smallest absolute Gasteiger partial charge is 0.225 e. The molecule has 6 nitrogen and oxygen atoms in total. The number of carbonyl (C=O) groups is 1. The summed E-state index contributed by atoms with van der Waals surface area (Å²) in [6, 6.07) is 4.87. The summed E-state index contributed by atoms with van der Waals surface area (Å²) >= 11 is 11.9. The molecule has 1 amide bonds. The Hall–Kier alpha value is -0.860. The van der Waals surface area contributed by atoms with Gasteiger partial charge in [0, 0.05) is 45.2 Å². The first-order valence-corrected chi connectivity index (χ1v) is 11.5. The summed E-state index contributed by atoms with van der Waals surface area (Å²) in [6.45, 7) is 4.06. The van der Waals surface area contributed by atoms with Gasteiger partial charge in [0.25, 0.3) is 0 Å². The number of hydrogen-bond acceptors (Lipinski definition) is 4. The fourth-order valence-electron chi connectivity index (χ4n) is 3.60. The van der Waals surface area contributed by atoms with E-state index in [0.29, 0.717) is 41.5 Å². The monoisotopic (exact) mass is 433 g/mol. The van der Waals surface area contributed by atoms with Crippen molar-refractivity contribution in [2.75, 3.05) is 46.3 Å². The second-order valence-electron chi connectivity index (χ2n) is 7.31. The van der Waals surface area contributed by atoms with E-state index < -0.39 is 10.0 Å². The number of rotatable bonds is 4. The molecule has 0 bridgehead atoms. The van der Waals surface area contributed by atoms with Gasteiger partial charge in [-0.2, -0.15) is 0 Å². The summed E-state index contributed by atoms with van der Waals surface area (Å²) in [5, 5.41) is 0.752. The predicted octanol–water partition coefficient (Wildman–Crippen LogP) is 2.31. The van der Waals surface area contributed by atoms with E-state index in [2.05, 4.69) is 11.9 Å². The Balaban J connectivity index is 1.56. The van der Waals surface area contributed by atoms with E-state index in [0.717, 1.165) is 26.2 Å². The van der Waals surface area contributed by atoms with E-state index in [9.17, 15) is 13.2 Å². The van der Waals surface area contributed by atoms with E-state index in [1.54, 1.807) is 18.2 Å². The van der Waals surface area contributed by atoms with Crippen LogP contribution >= 0.6 is 23.2 Å². The second kappa shape index (κ2) is 8.66. The maximum atomic E-state index is 12.7. The van der Waals surface area contributed by atoms with Gasteiger partial charge in [-0.1, -0.05) is 29.3 Å². The van der Waals surface area contributed by atoms with Crippen molar-refractivity contribution < 1.29 is 13.2 Å². The summed E-state index contributed by atoms with van der Waals surface area (Å²) in [6.07, 6.45) is 1.15. The van der Waals surface area contributed by atoms with Crippen LogP contribution in [0, 0.1) is 5.92 Å². The van der Waals surface area contributed by atoms with Crippen LogP contribution in [0.2, 0.25) is 10.0 Å². The zero-order valence-electron chi connectivity index (χ0n) is 15.4. The van der Waals surface area contributed by atoms with Crippen LogP contribution in [-0.4, -0.2) is 74.7 Å². The minimum absolute atomic E-state index is 0.0789. The molecule has 9 heteroatoms. The summed E-state index contributed by atoms with van der Waals surface area (Å²) in [4.78, 5) is 16.8. The Morgan fingerprint density at radius 3 is 2.26 bits per heavy atom. The number of likely N-dealkylation sites (N-methyl/N-ethyl adjacent to an activating group) is 1. The Morgan fingerprint density at radius 1 is 1.04 bits per heavy atom. The van der Waals surface area contributed by atoms with Crippen molar-refractivity contribution in [3.05, 3.63) is 33.8 Å². The Bertz CT molecular complexity index is 787. The molecular formula is C18H25Cl2N3O3S. The van der Waals surface area contributed by atoms with Gasteiger partial charge in [0.05, 0.1) is 15.8 Å². The molecule has 0 N–H and O–H groups in total. The van der Waals surface area contributed by atoms with E-state index in [4.69, 9.17) is 23.2 Å². The van der Waals surface area contributed by atoms with E-state index in [-0.39, 0.29) is 17.6 Å². The lowest BCUT2D eigenvalue weighted by molar-refractivity contribution is -0.138. The minimum Gasteiger partial charge on any atom is -0.340 e. The number of hydrogen-bond donors (Lipinski definition) is 0. The first-order valence-electron chi connectivity index (χ1n) is 9.15. The van der Waals surface area contributed by atoms with Crippen LogP contribution in [-0.2, 0) is 20.6 Å². The molecule has 1 aromatic rings. The highest BCUT2D eigenvalue weighted by Gasteiger charge is 2.33. The number of piperidine rings is 1. The molecule has 0 atom stereocenters. The van der Waals surface area contributed by atoms with Crippen LogP contribution in [0.4, 0.5) is 0 Å². The molecule has 0 spiro atoms. The molecule has 2 heterocycles. The van der Waals surface area contributed by atoms with Crippen LogP contribution in [0.1, 0.15) is 18.4 Å². The normalized spacial score (nSPS) is 20.8. The molecule has 2 aliphatic heterocycles. The molecule has 0 aliphatic carbocycles. The number of halogens is 2. The van der Waals surface area contributed by atoms with E-state index in [1.807, 2.05) is 4.90 Å². The largest absolute Gasteiger partial charge is 0.340 e. The van der Waals surface area contributed by atoms with Crippen molar-refractivity contribution in [3.8, 4) is 0 Å². The fourth-order valence-corrected chi connectivity index (χ4v) is 5.47. The Morgan fingerprint density at radius 2 is 1.67 bits per heavy atom. The summed E-state index contributed by atoms with van der Waals surface area (Å²) in [7, 11) is -1.39. The molecule has 0 unspecified atom stereocenters. The molecule has 0 aromatic heterocycles. The standard InChI is InChI=1S/C18H25Cl2N3O3S/c1-21-8-10-22(11-9-21)18(24)15-4-6-23(7-5-15)27(25,26)13-14-2-3-16(19)17(20)12-14/h2-3,12,15H,4-11,13H2,1H3. The molecule has 150 valence electrons. The molecule has 27 heavy (non-hydrogen) atoms. The topological polar surface area (TPSA) is 60.9 Å². The third-order valence-electron chi connectivity index (χ3n) is 5.34. The van der Waals surface area contributed by atoms with Gasteiger partial charge in [0.1, 0.15) is 0 Å². The zero-order valence-corrected chi connectivity index (χ0v) is 17.7. The van der Waals surface area contributed by atoms with Gasteiger partial charge in [-0.25, -0.2) is 12.7 Å². The predicted molar refractivity (Wildman–Crippen MR) is 107 cm³/mol. The number of benzene rings is 1. The summed E-state index contributed by atoms with van der Waals surface area (Å²) in [5.41, 5.74) is 0.611. The van der Waals surface area contributed by atoms with Crippen LogP contribution in [0.5, 0.6) is 0 Å². The fraction of sp³-hybridized carbons (Fsp3) is 0.611. The number of sulfonamides is 1. The van der Waals surface area contributed by atoms with Gasteiger partial charge in [0.15, 0.2) is 0 Å². The Kier molecular flexibility index (Phi) is 6.69. The molecule has 2 saturated heterocycles. The van der Waals surface area contributed by atoms with Crippen molar-refractivity contribution in [2.45, 2.75) is 18.6 Å². The van der Waals surface area contributed by atoms with Crippen LogP contribution in [0.3, 0.4) is 0 Å². The highest BCUT2D eigenvalue weighted by Crippen LogP contribution is 2.26. The number of carbonyl (C=O) groups excluding carboxylic acids is 1. The summed E-state index contributed by atoms with van der Waals surface area (Å²) < 4.78 is 26.9. The molecule has 1 aromatic carbocycles. The first kappa shape index (κ1) is 20.9. The van der Waals surface area contributed by atoms with E-state index >= 15 is 0 Å². The van der Waals surface area contributed by atoms with Gasteiger partial charge in [-0.3, -0.25) is 4.79 Å². The average Bonchev–Trinajstić information content (AvgIpc) is 2.65. The maximum absolute atomic E-state index is 12.7. The van der Waals surface area contributed by atoms with Gasteiger partial charge in [-0.05, 0) is 37.6 Å². The first-order chi connectivity index (χ1) is 12.8. The molecule has 2 aliphatic rings. The second-order valence-corrected chi connectivity index (χ2v) is 10.1. The highest BCUT2D eigenvalue weighted by molar-refractivity contribution is 7.88. The lowest BCUT2D eigenvalue weighted by Crippen LogP contribution is -2.51. The lowest BCUT2D eigenvalue weighted by Gasteiger charge is -2.37. The van der Waals surface area contributed by atoms with Crippen molar-refractivity contribution in [1.29, 1.82) is 0 Å². The number of nitrogens with zero attached hydrogens (tertiary/aromatic N) is 3. The maximum Gasteiger partial charge on any atom is 0.225 e. The van der Waals surface area contributed by atoms with Crippen molar-refractivity contribution >= 4 is 39.1 Å². The highest BCUT2D eigenvalue weighted by atomic mass is 35.5. The van der Waals surface area contributed by atoms with Gasteiger partial charge in [0.2, 0.25) is 15.9 Å². The SMILES string of the molecule is CN1CCN(C(=O)C2CCN(S(=O)(=O)Cc3ccc(Cl)c(Cl)c3)CC2)CC1. The van der Waals surface area contributed by atoms with Gasteiger partial charge >= 0.3 is 0 Å². The van der Waals surface area contributed by atoms with Crippen LogP contribution in [0.15, 0.2) is 18.2 Å². The third kappa shape index (κ3) is 5.15. The Labute approximate surface area is 171 Å². The number of piperazine rings is 1. The minimum atomic E-state index is -3.45. The zero-order chi connectivity index (χ0) is 19.6. The lowest BCUT2D eigenvalue weighted by atomic mass is 9.96. The van der Waals surface area contributed by atoms with Gasteiger partial charge in [-0.15, -0.1) is 0 Å². The number of amides is 1. The van der Waals surface area contributed by atoms with E-state index in [1.165, 1.54) is 4.31 Å². The molecule has 0 radical (unpaired) electrons. The van der Waals surface area contributed by atoms with Crippen molar-refractivity contribution in [1.82, 2.24) is 14.1 Å². The average molecular weight is 434 g/mol. The van der Waals surface area contributed by atoms with Crippen LogP contribution < -0.4 is 0 Å². The molecule has 3 rings (SSSR count).